The molecule has 15 heavy (non-hydrogen) atoms. The van der Waals surface area contributed by atoms with E-state index >= 15 is 0 Å². The smallest absolute Gasteiger partial charge is 0.158 e. The molecule has 2 rings (SSSR count). The SMILES string of the molecule is C(=C\C1CCCCO1)/CCC1OCCO1. The van der Waals surface area contributed by atoms with E-state index < -0.39 is 0 Å². The standard InChI is InChI=1S/C12H20O3/c1(2-7-12-14-9-10-15-12)5-11-6-3-4-8-13-11/h1,5,11-12H,2-4,6-10H2/b5-1+. The van der Waals surface area contributed by atoms with Gasteiger partial charge in [-0.2, -0.15) is 0 Å². The van der Waals surface area contributed by atoms with Crippen LogP contribution in [0.1, 0.15) is 32.1 Å². The van der Waals surface area contributed by atoms with Crippen molar-refractivity contribution in [1.29, 1.82) is 0 Å². The average Bonchev–Trinajstić information content (AvgIpc) is 2.79. The highest BCUT2D eigenvalue weighted by Gasteiger charge is 2.14. The molecule has 3 nitrogen and oxygen atoms in total. The second kappa shape index (κ2) is 6.26. The van der Waals surface area contributed by atoms with Crippen LogP contribution < -0.4 is 0 Å². The van der Waals surface area contributed by atoms with Gasteiger partial charge in [0.2, 0.25) is 0 Å². The lowest BCUT2D eigenvalue weighted by atomic mass is 10.1. The van der Waals surface area contributed by atoms with Crippen LogP contribution in [0.3, 0.4) is 0 Å². The predicted molar refractivity (Wildman–Crippen MR) is 57.7 cm³/mol. The molecule has 0 bridgehead atoms. The molecule has 0 radical (unpaired) electrons. The molecule has 0 spiro atoms. The minimum absolute atomic E-state index is 0.0296. The van der Waals surface area contributed by atoms with E-state index in [4.69, 9.17) is 14.2 Å². The van der Waals surface area contributed by atoms with E-state index in [0.717, 1.165) is 32.7 Å². The fourth-order valence-corrected chi connectivity index (χ4v) is 1.97. The first-order chi connectivity index (χ1) is 7.45. The van der Waals surface area contributed by atoms with Crippen molar-refractivity contribution in [1.82, 2.24) is 0 Å². The molecule has 2 aliphatic rings. The van der Waals surface area contributed by atoms with Gasteiger partial charge < -0.3 is 14.2 Å². The topological polar surface area (TPSA) is 27.7 Å². The van der Waals surface area contributed by atoms with Crippen LogP contribution in [0, 0.1) is 0 Å². The van der Waals surface area contributed by atoms with Crippen LogP contribution in [-0.4, -0.2) is 32.2 Å². The Bertz CT molecular complexity index is 191. The van der Waals surface area contributed by atoms with Crippen molar-refractivity contribution < 1.29 is 14.2 Å². The van der Waals surface area contributed by atoms with E-state index in [1.165, 1.54) is 19.3 Å². The Labute approximate surface area is 91.4 Å². The summed E-state index contributed by atoms with van der Waals surface area (Å²) < 4.78 is 16.3. The lowest BCUT2D eigenvalue weighted by molar-refractivity contribution is -0.0458. The fraction of sp³-hybridized carbons (Fsp3) is 0.833. The highest BCUT2D eigenvalue weighted by atomic mass is 16.7. The number of allylic oxidation sites excluding steroid dienone is 1. The van der Waals surface area contributed by atoms with Gasteiger partial charge in [-0.3, -0.25) is 0 Å². The van der Waals surface area contributed by atoms with Crippen molar-refractivity contribution in [2.45, 2.75) is 44.5 Å². The monoisotopic (exact) mass is 212 g/mol. The predicted octanol–water partition coefficient (Wildman–Crippen LogP) is 2.26. The van der Waals surface area contributed by atoms with Crippen LogP contribution in [0.5, 0.6) is 0 Å². The lowest BCUT2D eigenvalue weighted by Crippen LogP contribution is -2.16. The second-order valence-corrected chi connectivity index (χ2v) is 4.08. The van der Waals surface area contributed by atoms with Gasteiger partial charge in [0.25, 0.3) is 0 Å². The van der Waals surface area contributed by atoms with Crippen LogP contribution in [0.15, 0.2) is 12.2 Å². The summed E-state index contributed by atoms with van der Waals surface area (Å²) in [5.41, 5.74) is 0. The first-order valence-electron chi connectivity index (χ1n) is 5.96. The van der Waals surface area contributed by atoms with Crippen molar-refractivity contribution in [2.75, 3.05) is 19.8 Å². The third-order valence-corrected chi connectivity index (χ3v) is 2.83. The van der Waals surface area contributed by atoms with Crippen molar-refractivity contribution >= 4 is 0 Å². The maximum Gasteiger partial charge on any atom is 0.158 e. The molecule has 1 unspecified atom stereocenters. The second-order valence-electron chi connectivity index (χ2n) is 4.08. The Morgan fingerprint density at radius 3 is 2.60 bits per heavy atom. The summed E-state index contributed by atoms with van der Waals surface area (Å²) in [7, 11) is 0. The van der Waals surface area contributed by atoms with Crippen molar-refractivity contribution in [3.05, 3.63) is 12.2 Å². The van der Waals surface area contributed by atoms with Gasteiger partial charge in [0.1, 0.15) is 0 Å². The van der Waals surface area contributed by atoms with Crippen molar-refractivity contribution in [3.8, 4) is 0 Å². The Morgan fingerprint density at radius 1 is 1.00 bits per heavy atom. The minimum Gasteiger partial charge on any atom is -0.374 e. The Balaban J connectivity index is 1.57. The first-order valence-corrected chi connectivity index (χ1v) is 5.96. The van der Waals surface area contributed by atoms with Gasteiger partial charge in [-0.1, -0.05) is 12.2 Å². The summed E-state index contributed by atoms with van der Waals surface area (Å²) in [6.07, 6.45) is 10.4. The van der Waals surface area contributed by atoms with Crippen LogP contribution in [-0.2, 0) is 14.2 Å². The molecule has 0 saturated carbocycles. The van der Waals surface area contributed by atoms with E-state index in [-0.39, 0.29) is 6.29 Å². The Hall–Kier alpha value is -0.380. The largest absolute Gasteiger partial charge is 0.374 e. The molecular weight excluding hydrogens is 192 g/mol. The quantitative estimate of drug-likeness (QED) is 0.669. The lowest BCUT2D eigenvalue weighted by Gasteiger charge is -2.19. The summed E-state index contributed by atoms with van der Waals surface area (Å²) in [5, 5.41) is 0. The van der Waals surface area contributed by atoms with Gasteiger partial charge in [-0.25, -0.2) is 0 Å². The fourth-order valence-electron chi connectivity index (χ4n) is 1.97. The molecule has 2 fully saturated rings. The molecule has 2 heterocycles. The van der Waals surface area contributed by atoms with E-state index in [1.54, 1.807) is 0 Å². The normalized spacial score (nSPS) is 28.9. The van der Waals surface area contributed by atoms with Crippen molar-refractivity contribution in [3.63, 3.8) is 0 Å². The molecule has 1 atom stereocenters. The molecule has 86 valence electrons. The number of hydrogen-bond acceptors (Lipinski definition) is 3. The molecule has 0 aliphatic carbocycles. The zero-order valence-corrected chi connectivity index (χ0v) is 9.19. The van der Waals surface area contributed by atoms with Gasteiger partial charge >= 0.3 is 0 Å². The van der Waals surface area contributed by atoms with Gasteiger partial charge in [-0.15, -0.1) is 0 Å². The van der Waals surface area contributed by atoms with Crippen molar-refractivity contribution in [2.24, 2.45) is 0 Å². The zero-order valence-electron chi connectivity index (χ0n) is 9.19. The minimum atomic E-state index is 0.0296. The zero-order chi connectivity index (χ0) is 10.3. The third kappa shape index (κ3) is 3.93. The van der Waals surface area contributed by atoms with E-state index in [9.17, 15) is 0 Å². The van der Waals surface area contributed by atoms with Crippen LogP contribution in [0.2, 0.25) is 0 Å². The molecular formula is C12H20O3. The van der Waals surface area contributed by atoms with E-state index in [2.05, 4.69) is 12.2 Å². The molecule has 0 aromatic carbocycles. The van der Waals surface area contributed by atoms with Gasteiger partial charge in [0.15, 0.2) is 6.29 Å². The molecule has 3 heteroatoms. The van der Waals surface area contributed by atoms with E-state index in [1.807, 2.05) is 0 Å². The number of hydrogen-bond donors (Lipinski definition) is 0. The highest BCUT2D eigenvalue weighted by Crippen LogP contribution is 2.15. The molecule has 2 saturated heterocycles. The van der Waals surface area contributed by atoms with E-state index in [0.29, 0.717) is 6.10 Å². The molecule has 0 aromatic heterocycles. The molecule has 2 aliphatic heterocycles. The summed E-state index contributed by atoms with van der Waals surface area (Å²) in [4.78, 5) is 0. The van der Waals surface area contributed by atoms with Crippen LogP contribution in [0.25, 0.3) is 0 Å². The maximum atomic E-state index is 5.60. The van der Waals surface area contributed by atoms with Crippen LogP contribution in [0.4, 0.5) is 0 Å². The van der Waals surface area contributed by atoms with Gasteiger partial charge in [0.05, 0.1) is 19.3 Å². The summed E-state index contributed by atoms with van der Waals surface area (Å²) in [6.45, 7) is 2.42. The summed E-state index contributed by atoms with van der Waals surface area (Å²) >= 11 is 0. The molecule has 0 N–H and O–H groups in total. The number of rotatable bonds is 4. The molecule has 0 amide bonds. The highest BCUT2D eigenvalue weighted by molar-refractivity contribution is 4.90. The summed E-state index contributed by atoms with van der Waals surface area (Å²) in [5.74, 6) is 0. The van der Waals surface area contributed by atoms with Gasteiger partial charge in [-0.05, 0) is 25.7 Å². The van der Waals surface area contributed by atoms with Crippen LogP contribution >= 0.6 is 0 Å². The van der Waals surface area contributed by atoms with Gasteiger partial charge in [0, 0.05) is 13.0 Å². The molecule has 0 aromatic rings. The Kier molecular flexibility index (Phi) is 4.64. The number of ether oxygens (including phenoxy) is 3. The maximum absolute atomic E-state index is 5.60. The average molecular weight is 212 g/mol. The first kappa shape index (κ1) is 11.1. The Morgan fingerprint density at radius 2 is 1.87 bits per heavy atom. The summed E-state index contributed by atoms with van der Waals surface area (Å²) in [6, 6.07) is 0. The third-order valence-electron chi connectivity index (χ3n) is 2.83.